The second kappa shape index (κ2) is 24.0. The number of ether oxygens (including phenoxy) is 4. The maximum absolute atomic E-state index is 13.8. The number of nitrogens with one attached hydrogen (secondary N) is 2. The SMILES string of the molecule is CC(C)CCCC(C)[C@H]1CC[C@H]2[C@@H]3CC=C4C[C@@H](OC(=O)CN(CCCCN(CCCNC(=O)OC(C)(C)C)C(=O)OC(C)(C)C)CCCNC(=O)OC(C)(C)C)CC[C@]4(C)[C@H]3CC[C@]12C. The fraction of sp³-hybridized carbons (Fsp3) is 0.889. The highest BCUT2D eigenvalue weighted by Gasteiger charge is 2.59. The van der Waals surface area contributed by atoms with Gasteiger partial charge < -0.3 is 34.5 Å². The summed E-state index contributed by atoms with van der Waals surface area (Å²) in [6.07, 6.45) is 17.2. The zero-order valence-electron chi connectivity index (χ0n) is 44.3. The van der Waals surface area contributed by atoms with Gasteiger partial charge in [0.15, 0.2) is 0 Å². The summed E-state index contributed by atoms with van der Waals surface area (Å²) in [5, 5.41) is 5.62. The van der Waals surface area contributed by atoms with Crippen LogP contribution in [0.15, 0.2) is 11.6 Å². The molecule has 1 unspecified atom stereocenters. The Morgan fingerprint density at radius 2 is 1.27 bits per heavy atom. The van der Waals surface area contributed by atoms with Gasteiger partial charge in [0, 0.05) is 39.1 Å². The Balaban J connectivity index is 1.33. The normalized spacial score (nSPS) is 26.9. The average molecular weight is 929 g/mol. The molecule has 0 saturated heterocycles. The number of allylic oxidation sites excluding steroid dienone is 1. The number of fused-ring (bicyclic) bond motifs is 5. The molecule has 0 aromatic rings. The van der Waals surface area contributed by atoms with E-state index in [0.717, 1.165) is 55.3 Å². The lowest BCUT2D eigenvalue weighted by Crippen LogP contribution is -2.51. The van der Waals surface area contributed by atoms with E-state index in [1.807, 2.05) is 62.3 Å². The molecular weight excluding hydrogens is 833 g/mol. The summed E-state index contributed by atoms with van der Waals surface area (Å²) in [7, 11) is 0. The van der Waals surface area contributed by atoms with Crippen LogP contribution in [0.3, 0.4) is 0 Å². The Bertz CT molecular complexity index is 1610. The largest absolute Gasteiger partial charge is 0.461 e. The van der Waals surface area contributed by atoms with E-state index in [1.54, 1.807) is 4.90 Å². The molecule has 12 nitrogen and oxygen atoms in total. The van der Waals surface area contributed by atoms with E-state index in [9.17, 15) is 19.2 Å². The van der Waals surface area contributed by atoms with Gasteiger partial charge in [-0.1, -0.05) is 65.5 Å². The van der Waals surface area contributed by atoms with Gasteiger partial charge >= 0.3 is 24.2 Å². The first-order chi connectivity index (χ1) is 30.7. The molecule has 3 saturated carbocycles. The lowest BCUT2D eigenvalue weighted by Gasteiger charge is -2.58. The molecule has 66 heavy (non-hydrogen) atoms. The maximum Gasteiger partial charge on any atom is 0.410 e. The standard InChI is InChI=1S/C54H96N4O8/c1-38(2)20-17-21-39(3)43-24-25-44-42-23-22-40-36-41(26-28-53(40,13)45(42)27-29-54(43,44)14)63-46(59)37-57(33-18-30-55-47(60)64-50(4,5)6)32-15-16-34-58(49(62)66-52(10,11)12)35-19-31-56-48(61)65-51(7,8)9/h22,38-39,41-45H,15-21,23-37H2,1-14H3,(H,55,60)(H,56,61)/t39?,41-,42-,43+,44-,45-,53-,54+/m0/s1. The Kier molecular flexibility index (Phi) is 20.2. The molecular formula is C54H96N4O8. The molecule has 0 aliphatic heterocycles. The molecule has 4 aliphatic carbocycles. The number of carbonyl (C=O) groups excluding carboxylic acids is 4. The molecule has 8 atom stereocenters. The molecule has 0 radical (unpaired) electrons. The number of esters is 1. The van der Waals surface area contributed by atoms with E-state index in [-0.39, 0.29) is 24.0 Å². The number of amides is 3. The summed E-state index contributed by atoms with van der Waals surface area (Å²) in [5.74, 6) is 4.53. The minimum absolute atomic E-state index is 0.118. The van der Waals surface area contributed by atoms with Gasteiger partial charge in [0.2, 0.25) is 0 Å². The van der Waals surface area contributed by atoms with Gasteiger partial charge in [0.1, 0.15) is 22.9 Å². The van der Waals surface area contributed by atoms with Crippen molar-refractivity contribution in [3.8, 4) is 0 Å². The van der Waals surface area contributed by atoms with Crippen molar-refractivity contribution >= 4 is 24.2 Å². The van der Waals surface area contributed by atoms with Crippen molar-refractivity contribution in [3.05, 3.63) is 11.6 Å². The first kappa shape index (κ1) is 55.6. The number of unbranched alkanes of at least 4 members (excludes halogenated alkanes) is 1. The van der Waals surface area contributed by atoms with E-state index >= 15 is 0 Å². The molecule has 3 fully saturated rings. The van der Waals surface area contributed by atoms with Crippen LogP contribution in [0.2, 0.25) is 0 Å². The van der Waals surface area contributed by atoms with Crippen molar-refractivity contribution in [1.29, 1.82) is 0 Å². The second-order valence-corrected chi connectivity index (χ2v) is 24.7. The van der Waals surface area contributed by atoms with Gasteiger partial charge in [-0.2, -0.15) is 0 Å². The molecule has 4 aliphatic rings. The summed E-state index contributed by atoms with van der Waals surface area (Å²) >= 11 is 0. The molecule has 3 amide bonds. The Morgan fingerprint density at radius 3 is 1.88 bits per heavy atom. The summed E-state index contributed by atoms with van der Waals surface area (Å²) in [4.78, 5) is 55.4. The summed E-state index contributed by atoms with van der Waals surface area (Å²) in [6.45, 7) is 32.0. The van der Waals surface area contributed by atoms with Gasteiger partial charge in [0.25, 0.3) is 0 Å². The van der Waals surface area contributed by atoms with Crippen molar-refractivity contribution in [2.24, 2.45) is 46.3 Å². The van der Waals surface area contributed by atoms with Crippen LogP contribution in [0.5, 0.6) is 0 Å². The third-order valence-electron chi connectivity index (χ3n) is 15.3. The molecule has 0 heterocycles. The van der Waals surface area contributed by atoms with Gasteiger partial charge in [-0.25, -0.2) is 14.4 Å². The summed E-state index contributed by atoms with van der Waals surface area (Å²) in [5.41, 5.74) is 0.339. The highest BCUT2D eigenvalue weighted by Crippen LogP contribution is 2.67. The molecule has 380 valence electrons. The van der Waals surface area contributed by atoms with E-state index in [1.165, 1.54) is 56.9 Å². The molecule has 0 bridgehead atoms. The molecule has 0 spiro atoms. The van der Waals surface area contributed by atoms with Gasteiger partial charge in [0.05, 0.1) is 6.54 Å². The maximum atomic E-state index is 13.8. The Labute approximate surface area is 401 Å². The predicted octanol–water partition coefficient (Wildman–Crippen LogP) is 12.1. The number of hydrogen-bond donors (Lipinski definition) is 2. The lowest BCUT2D eigenvalue weighted by atomic mass is 9.47. The average Bonchev–Trinajstić information content (AvgIpc) is 3.54. The van der Waals surface area contributed by atoms with Crippen LogP contribution >= 0.6 is 0 Å². The smallest absolute Gasteiger partial charge is 0.410 e. The number of hydrogen-bond acceptors (Lipinski definition) is 9. The zero-order valence-corrected chi connectivity index (χ0v) is 44.3. The van der Waals surface area contributed by atoms with Crippen LogP contribution in [-0.2, 0) is 23.7 Å². The van der Waals surface area contributed by atoms with Crippen molar-refractivity contribution in [3.63, 3.8) is 0 Å². The van der Waals surface area contributed by atoms with E-state index < -0.39 is 35.1 Å². The van der Waals surface area contributed by atoms with Crippen LogP contribution < -0.4 is 10.6 Å². The highest BCUT2D eigenvalue weighted by molar-refractivity contribution is 5.72. The van der Waals surface area contributed by atoms with Crippen molar-refractivity contribution < 1.29 is 38.1 Å². The van der Waals surface area contributed by atoms with Crippen LogP contribution in [0.1, 0.15) is 193 Å². The minimum Gasteiger partial charge on any atom is -0.461 e. The first-order valence-electron chi connectivity index (χ1n) is 26.2. The number of carbonyl (C=O) groups is 4. The van der Waals surface area contributed by atoms with Crippen LogP contribution in [0.25, 0.3) is 0 Å². The quantitative estimate of drug-likeness (QED) is 0.0499. The molecule has 4 rings (SSSR count). The summed E-state index contributed by atoms with van der Waals surface area (Å²) < 4.78 is 22.8. The van der Waals surface area contributed by atoms with Crippen LogP contribution in [0, 0.1) is 46.3 Å². The molecule has 2 N–H and O–H groups in total. The lowest BCUT2D eigenvalue weighted by molar-refractivity contribution is -0.153. The van der Waals surface area contributed by atoms with E-state index in [4.69, 9.17) is 18.9 Å². The fourth-order valence-corrected chi connectivity index (χ4v) is 12.3. The zero-order chi connectivity index (χ0) is 49.1. The molecule has 0 aromatic carbocycles. The second-order valence-electron chi connectivity index (χ2n) is 24.7. The van der Waals surface area contributed by atoms with Gasteiger partial charge in [-0.05, 0) is 186 Å². The van der Waals surface area contributed by atoms with Crippen LogP contribution in [-0.4, -0.2) is 103 Å². The Morgan fingerprint density at radius 1 is 0.697 bits per heavy atom. The van der Waals surface area contributed by atoms with E-state index in [2.05, 4.69) is 56.2 Å². The monoisotopic (exact) mass is 929 g/mol. The van der Waals surface area contributed by atoms with Crippen LogP contribution in [0.4, 0.5) is 14.4 Å². The van der Waals surface area contributed by atoms with Gasteiger partial charge in [-0.3, -0.25) is 9.69 Å². The van der Waals surface area contributed by atoms with Crippen molar-refractivity contribution in [2.75, 3.05) is 45.8 Å². The van der Waals surface area contributed by atoms with Crippen molar-refractivity contribution in [1.82, 2.24) is 20.4 Å². The van der Waals surface area contributed by atoms with E-state index in [0.29, 0.717) is 69.9 Å². The van der Waals surface area contributed by atoms with Gasteiger partial charge in [-0.15, -0.1) is 0 Å². The third-order valence-corrected chi connectivity index (χ3v) is 15.3. The third kappa shape index (κ3) is 17.2. The molecule has 12 heteroatoms. The molecule has 0 aromatic heterocycles. The van der Waals surface area contributed by atoms with Crippen molar-refractivity contribution in [2.45, 2.75) is 216 Å². The highest BCUT2D eigenvalue weighted by atomic mass is 16.6. The Hall–Kier alpha value is -3.02. The number of alkyl carbamates (subject to hydrolysis) is 2. The topological polar surface area (TPSA) is 136 Å². The predicted molar refractivity (Wildman–Crippen MR) is 264 cm³/mol. The summed E-state index contributed by atoms with van der Waals surface area (Å²) in [6, 6.07) is 0. The fourth-order valence-electron chi connectivity index (χ4n) is 12.3. The number of nitrogens with zero attached hydrogens (tertiary/aromatic N) is 2. The number of rotatable bonds is 21. The first-order valence-corrected chi connectivity index (χ1v) is 26.2. The minimum atomic E-state index is -0.649.